The number of hydrogen-bond donors (Lipinski definition) is 2. The molecule has 0 fully saturated rings. The fraction of sp³-hybridized carbons (Fsp3) is 0.286. The van der Waals surface area contributed by atoms with Crippen molar-refractivity contribution >= 4 is 28.8 Å². The molecule has 1 aromatic carbocycles. The topological polar surface area (TPSA) is 93.2 Å². The number of nitrogens with one attached hydrogen (secondary N) is 2. The van der Waals surface area contributed by atoms with Gasteiger partial charge in [-0.1, -0.05) is 11.3 Å². The van der Waals surface area contributed by atoms with E-state index in [0.29, 0.717) is 29.4 Å². The minimum atomic E-state index is -0.317. The summed E-state index contributed by atoms with van der Waals surface area (Å²) in [6.07, 6.45) is 0. The summed E-state index contributed by atoms with van der Waals surface area (Å²) in [7, 11) is 1.57. The number of nitrogens with zero attached hydrogens (tertiary/aromatic N) is 2. The second kappa shape index (κ2) is 7.62. The number of carbonyl (C=O) groups is 2. The third kappa shape index (κ3) is 4.34. The molecule has 7 nitrogen and oxygen atoms in total. The summed E-state index contributed by atoms with van der Waals surface area (Å²) in [5.41, 5.74) is 1.10. The van der Waals surface area contributed by atoms with E-state index in [9.17, 15) is 9.59 Å². The van der Waals surface area contributed by atoms with E-state index < -0.39 is 0 Å². The van der Waals surface area contributed by atoms with Crippen molar-refractivity contribution in [3.05, 3.63) is 39.8 Å². The van der Waals surface area contributed by atoms with E-state index in [1.165, 1.54) is 11.3 Å². The summed E-state index contributed by atoms with van der Waals surface area (Å²) in [5.74, 6) is -0.502. The lowest BCUT2D eigenvalue weighted by molar-refractivity contribution is 0.0936. The summed E-state index contributed by atoms with van der Waals surface area (Å²) >= 11 is 1.22. The monoisotopic (exact) mass is 320 g/mol. The summed E-state index contributed by atoms with van der Waals surface area (Å²) in [4.78, 5) is 23.7. The lowest BCUT2D eigenvalue weighted by Crippen LogP contribution is -2.26. The number of rotatable bonds is 6. The van der Waals surface area contributed by atoms with Crippen LogP contribution in [0.15, 0.2) is 24.3 Å². The summed E-state index contributed by atoms with van der Waals surface area (Å²) < 4.78 is 4.86. The number of hydrogen-bond acceptors (Lipinski definition) is 6. The van der Waals surface area contributed by atoms with Crippen molar-refractivity contribution < 1.29 is 14.3 Å². The van der Waals surface area contributed by atoms with Gasteiger partial charge in [-0.05, 0) is 31.2 Å². The number of amides is 2. The Bertz CT molecular complexity index is 654. The van der Waals surface area contributed by atoms with Crippen LogP contribution >= 0.6 is 11.3 Å². The molecule has 0 atom stereocenters. The fourth-order valence-electron chi connectivity index (χ4n) is 1.65. The van der Waals surface area contributed by atoms with Gasteiger partial charge in [0, 0.05) is 24.9 Å². The maximum atomic E-state index is 11.9. The molecule has 0 aliphatic heterocycles. The number of aromatic nitrogens is 2. The Morgan fingerprint density at radius 1 is 1.18 bits per heavy atom. The van der Waals surface area contributed by atoms with E-state index in [0.717, 1.165) is 5.01 Å². The standard InChI is InChI=1S/C14H16N4O3S/c1-9-17-18-14(22-9)13(20)16-11-5-3-10(4-6-11)12(19)15-7-8-21-2/h3-6H,7-8H2,1-2H3,(H,15,19)(H,16,20). The van der Waals surface area contributed by atoms with Crippen LogP contribution in [0.1, 0.15) is 25.2 Å². The first-order valence-corrected chi connectivity index (χ1v) is 7.40. The zero-order valence-corrected chi connectivity index (χ0v) is 13.1. The maximum absolute atomic E-state index is 11.9. The largest absolute Gasteiger partial charge is 0.383 e. The first-order chi connectivity index (χ1) is 10.6. The number of anilines is 1. The van der Waals surface area contributed by atoms with Gasteiger partial charge in [-0.2, -0.15) is 0 Å². The van der Waals surface area contributed by atoms with Crippen molar-refractivity contribution in [1.82, 2.24) is 15.5 Å². The zero-order valence-electron chi connectivity index (χ0n) is 12.3. The molecule has 2 aromatic rings. The van der Waals surface area contributed by atoms with Gasteiger partial charge in [0.1, 0.15) is 5.01 Å². The van der Waals surface area contributed by atoms with Crippen molar-refractivity contribution in [2.75, 3.05) is 25.6 Å². The van der Waals surface area contributed by atoms with E-state index in [1.54, 1.807) is 38.3 Å². The highest BCUT2D eigenvalue weighted by molar-refractivity contribution is 7.13. The van der Waals surface area contributed by atoms with Gasteiger partial charge >= 0.3 is 0 Å². The first-order valence-electron chi connectivity index (χ1n) is 6.59. The van der Waals surface area contributed by atoms with Gasteiger partial charge < -0.3 is 15.4 Å². The van der Waals surface area contributed by atoms with Crippen molar-refractivity contribution in [1.29, 1.82) is 0 Å². The summed E-state index contributed by atoms with van der Waals surface area (Å²) in [6.45, 7) is 2.69. The number of benzene rings is 1. The summed E-state index contributed by atoms with van der Waals surface area (Å²) in [6, 6.07) is 6.61. The van der Waals surface area contributed by atoms with Gasteiger partial charge in [0.05, 0.1) is 6.61 Å². The Kier molecular flexibility index (Phi) is 5.56. The Balaban J connectivity index is 1.94. The highest BCUT2D eigenvalue weighted by Gasteiger charge is 2.12. The van der Waals surface area contributed by atoms with E-state index in [2.05, 4.69) is 20.8 Å². The van der Waals surface area contributed by atoms with Gasteiger partial charge in [-0.3, -0.25) is 9.59 Å². The van der Waals surface area contributed by atoms with Crippen molar-refractivity contribution in [3.63, 3.8) is 0 Å². The zero-order chi connectivity index (χ0) is 15.9. The molecule has 0 aliphatic rings. The van der Waals surface area contributed by atoms with Crippen LogP contribution in [0.5, 0.6) is 0 Å². The lowest BCUT2D eigenvalue weighted by Gasteiger charge is -2.06. The molecule has 2 amide bonds. The molecule has 0 aliphatic carbocycles. The number of ether oxygens (including phenoxy) is 1. The Morgan fingerprint density at radius 3 is 2.50 bits per heavy atom. The van der Waals surface area contributed by atoms with Gasteiger partial charge in [0.15, 0.2) is 0 Å². The quantitative estimate of drug-likeness (QED) is 0.786. The normalized spacial score (nSPS) is 10.3. The highest BCUT2D eigenvalue weighted by atomic mass is 32.1. The molecule has 22 heavy (non-hydrogen) atoms. The average molecular weight is 320 g/mol. The van der Waals surface area contributed by atoms with Gasteiger partial charge in [0.2, 0.25) is 5.01 Å². The second-order valence-electron chi connectivity index (χ2n) is 4.41. The minimum Gasteiger partial charge on any atom is -0.383 e. The van der Waals surface area contributed by atoms with E-state index >= 15 is 0 Å². The van der Waals surface area contributed by atoms with Gasteiger partial charge in [0.25, 0.3) is 11.8 Å². The molecule has 0 saturated carbocycles. The van der Waals surface area contributed by atoms with Crippen LogP contribution in [0.25, 0.3) is 0 Å². The SMILES string of the molecule is COCCNC(=O)c1ccc(NC(=O)c2nnc(C)s2)cc1. The molecule has 0 spiro atoms. The number of aryl methyl sites for hydroxylation is 1. The van der Waals surface area contributed by atoms with E-state index in [1.807, 2.05) is 0 Å². The lowest BCUT2D eigenvalue weighted by atomic mass is 10.2. The molecular formula is C14H16N4O3S. The van der Waals surface area contributed by atoms with Crippen LogP contribution in [0, 0.1) is 6.92 Å². The number of carbonyl (C=O) groups excluding carboxylic acids is 2. The minimum absolute atomic E-state index is 0.185. The molecule has 0 bridgehead atoms. The molecule has 116 valence electrons. The first kappa shape index (κ1) is 16.1. The third-order valence-electron chi connectivity index (χ3n) is 2.72. The predicted octanol–water partition coefficient (Wildman–Crippen LogP) is 1.48. The molecule has 0 unspecified atom stereocenters. The van der Waals surface area contributed by atoms with E-state index in [-0.39, 0.29) is 11.8 Å². The van der Waals surface area contributed by atoms with Crippen molar-refractivity contribution in [2.24, 2.45) is 0 Å². The van der Waals surface area contributed by atoms with E-state index in [4.69, 9.17) is 4.74 Å². The molecule has 0 radical (unpaired) electrons. The van der Waals surface area contributed by atoms with Gasteiger partial charge in [-0.15, -0.1) is 10.2 Å². The summed E-state index contributed by atoms with van der Waals surface area (Å²) in [5, 5.41) is 14.0. The van der Waals surface area contributed by atoms with Crippen LogP contribution in [-0.4, -0.2) is 42.3 Å². The molecule has 2 N–H and O–H groups in total. The van der Waals surface area contributed by atoms with Gasteiger partial charge in [-0.25, -0.2) is 0 Å². The molecule has 0 saturated heterocycles. The fourth-order valence-corrected chi connectivity index (χ4v) is 2.23. The van der Waals surface area contributed by atoms with Crippen LogP contribution in [-0.2, 0) is 4.74 Å². The molecule has 2 rings (SSSR count). The average Bonchev–Trinajstić information content (AvgIpc) is 2.95. The van der Waals surface area contributed by atoms with Crippen LogP contribution < -0.4 is 10.6 Å². The van der Waals surface area contributed by atoms with Crippen LogP contribution in [0.2, 0.25) is 0 Å². The van der Waals surface area contributed by atoms with Crippen molar-refractivity contribution in [2.45, 2.75) is 6.92 Å². The third-order valence-corrected chi connectivity index (χ3v) is 3.55. The second-order valence-corrected chi connectivity index (χ2v) is 5.59. The Labute approximate surface area is 131 Å². The predicted molar refractivity (Wildman–Crippen MR) is 83.3 cm³/mol. The van der Waals surface area contributed by atoms with Crippen molar-refractivity contribution in [3.8, 4) is 0 Å². The van der Waals surface area contributed by atoms with Crippen LogP contribution in [0.3, 0.4) is 0 Å². The molecule has 1 heterocycles. The molecule has 8 heteroatoms. The highest BCUT2D eigenvalue weighted by Crippen LogP contribution is 2.13. The molecule has 1 aromatic heterocycles. The van der Waals surface area contributed by atoms with Crippen LogP contribution in [0.4, 0.5) is 5.69 Å². The molecular weight excluding hydrogens is 304 g/mol. The Hall–Kier alpha value is -2.32. The maximum Gasteiger partial charge on any atom is 0.286 e. The smallest absolute Gasteiger partial charge is 0.286 e. The Morgan fingerprint density at radius 2 is 1.91 bits per heavy atom. The number of methoxy groups -OCH3 is 1.